The van der Waals surface area contributed by atoms with Gasteiger partial charge in [0.1, 0.15) is 0 Å². The van der Waals surface area contributed by atoms with Gasteiger partial charge in [-0.1, -0.05) is 43.0 Å². The number of benzene rings is 1. The first-order valence-electron chi connectivity index (χ1n) is 8.42. The Labute approximate surface area is 151 Å². The average molecular weight is 339 g/mol. The van der Waals surface area contributed by atoms with Gasteiger partial charge in [0.15, 0.2) is 0 Å². The molecule has 0 fully saturated rings. The molecule has 2 aromatic rings. The highest BCUT2D eigenvalue weighted by atomic mass is 32.1. The molecule has 3 aliphatic rings. The van der Waals surface area contributed by atoms with Crippen molar-refractivity contribution in [3.63, 3.8) is 0 Å². The Kier molecular flexibility index (Phi) is 3.11. The van der Waals surface area contributed by atoms with Crippen molar-refractivity contribution in [2.75, 3.05) is 7.05 Å². The molecule has 0 spiro atoms. The van der Waals surface area contributed by atoms with E-state index in [1.54, 1.807) is 0 Å². The molecule has 0 radical (unpaired) electrons. The van der Waals surface area contributed by atoms with Gasteiger partial charge in [0.2, 0.25) is 0 Å². The molecule has 25 heavy (non-hydrogen) atoms. The molecule has 5 rings (SSSR count). The molecule has 1 aromatic heterocycles. The first kappa shape index (κ1) is 14.5. The van der Waals surface area contributed by atoms with Crippen LogP contribution in [0.4, 0.5) is 0 Å². The molecule has 2 heteroatoms. The number of hydrogen-bond acceptors (Lipinski definition) is 2. The fourth-order valence-corrected chi connectivity index (χ4v) is 4.94. The normalized spacial score (nSPS) is 21.4. The van der Waals surface area contributed by atoms with Gasteiger partial charge in [0, 0.05) is 45.0 Å². The fourth-order valence-electron chi connectivity index (χ4n) is 3.73. The largest absolute Gasteiger partial charge is 0.350 e. The highest BCUT2D eigenvalue weighted by molar-refractivity contribution is 7.20. The van der Waals surface area contributed by atoms with Gasteiger partial charge in [-0.25, -0.2) is 0 Å². The average Bonchev–Trinajstić information content (AvgIpc) is 3.31. The Balaban J connectivity index is 1.70. The number of hydrogen-bond donors (Lipinski definition) is 0. The second-order valence-electron chi connectivity index (χ2n) is 6.54. The SMILES string of the molecule is C=C1/C=C\C(c2cccc3c4c(sc23)C=C=C4)=C/N(C)C2=C1CC=C2. The summed E-state index contributed by atoms with van der Waals surface area (Å²) >= 11 is 1.85. The van der Waals surface area contributed by atoms with E-state index in [1.807, 2.05) is 11.3 Å². The molecule has 2 heterocycles. The quantitative estimate of drug-likeness (QED) is 0.480. The molecule has 0 N–H and O–H groups in total. The molecule has 0 amide bonds. The Morgan fingerprint density at radius 3 is 3.00 bits per heavy atom. The third-order valence-electron chi connectivity index (χ3n) is 5.01. The van der Waals surface area contributed by atoms with Crippen LogP contribution in [-0.2, 0) is 0 Å². The smallest absolute Gasteiger partial charge is 0.0442 e. The van der Waals surface area contributed by atoms with E-state index >= 15 is 0 Å². The number of likely N-dealkylation sites (N-methyl/N-ethyl adjacent to an activating group) is 1. The zero-order chi connectivity index (χ0) is 17.0. The molecule has 0 bridgehead atoms. The molecular weight excluding hydrogens is 322 g/mol. The van der Waals surface area contributed by atoms with Crippen LogP contribution in [0.25, 0.3) is 27.8 Å². The lowest BCUT2D eigenvalue weighted by atomic mass is 9.98. The lowest BCUT2D eigenvalue weighted by molar-refractivity contribution is 0.586. The summed E-state index contributed by atoms with van der Waals surface area (Å²) in [6.45, 7) is 4.27. The van der Waals surface area contributed by atoms with Crippen molar-refractivity contribution in [1.29, 1.82) is 0 Å². The fraction of sp³-hybridized carbons (Fsp3) is 0.0870. The second kappa shape index (κ2) is 5.35. The van der Waals surface area contributed by atoms with Gasteiger partial charge in [-0.15, -0.1) is 17.1 Å². The minimum absolute atomic E-state index is 0.970. The van der Waals surface area contributed by atoms with Crippen molar-refractivity contribution in [3.8, 4) is 0 Å². The van der Waals surface area contributed by atoms with Gasteiger partial charge < -0.3 is 4.90 Å². The first-order valence-corrected chi connectivity index (χ1v) is 9.24. The van der Waals surface area contributed by atoms with Crippen molar-refractivity contribution >= 4 is 39.1 Å². The Morgan fingerprint density at radius 1 is 1.16 bits per heavy atom. The van der Waals surface area contributed by atoms with Crippen LogP contribution in [0.5, 0.6) is 0 Å². The van der Waals surface area contributed by atoms with Gasteiger partial charge in [0.25, 0.3) is 0 Å². The van der Waals surface area contributed by atoms with Crippen molar-refractivity contribution in [2.45, 2.75) is 6.42 Å². The number of allylic oxidation sites excluding steroid dienone is 7. The van der Waals surface area contributed by atoms with E-state index in [0.717, 1.165) is 12.0 Å². The van der Waals surface area contributed by atoms with Gasteiger partial charge in [0.05, 0.1) is 0 Å². The van der Waals surface area contributed by atoms with Crippen LogP contribution in [0.2, 0.25) is 0 Å². The molecule has 0 saturated heterocycles. The van der Waals surface area contributed by atoms with Crippen molar-refractivity contribution in [3.05, 3.63) is 93.9 Å². The summed E-state index contributed by atoms with van der Waals surface area (Å²) in [6, 6.07) is 6.58. The van der Waals surface area contributed by atoms with E-state index in [1.165, 1.54) is 42.9 Å². The van der Waals surface area contributed by atoms with Crippen LogP contribution in [-0.4, -0.2) is 11.9 Å². The van der Waals surface area contributed by atoms with E-state index in [4.69, 9.17) is 0 Å². The summed E-state index contributed by atoms with van der Waals surface area (Å²) in [5, 5.41) is 1.32. The summed E-state index contributed by atoms with van der Waals surface area (Å²) in [7, 11) is 2.12. The standard InChI is InChI=1S/C23H17NS/c1-15-12-13-16(14-24(2)21-10-4-6-17(15)21)18-7-3-9-20-19-8-5-11-22(19)25-23(18)20/h3-4,7-14H,1,6H2,2H3/b13-12-,16-14+. The number of thiophene rings is 1. The highest BCUT2D eigenvalue weighted by Crippen LogP contribution is 2.40. The maximum absolute atomic E-state index is 4.27. The minimum Gasteiger partial charge on any atom is -0.350 e. The monoisotopic (exact) mass is 339 g/mol. The topological polar surface area (TPSA) is 3.24 Å². The van der Waals surface area contributed by atoms with Gasteiger partial charge in [-0.05, 0) is 41.4 Å². The zero-order valence-electron chi connectivity index (χ0n) is 14.0. The predicted molar refractivity (Wildman–Crippen MR) is 109 cm³/mol. The second-order valence-corrected chi connectivity index (χ2v) is 7.59. The lowest BCUT2D eigenvalue weighted by Crippen LogP contribution is -2.12. The molecular formula is C23H17NS. The minimum atomic E-state index is 0.970. The summed E-state index contributed by atoms with van der Waals surface area (Å²) in [5.74, 6) is 0. The van der Waals surface area contributed by atoms with E-state index in [2.05, 4.69) is 85.1 Å². The van der Waals surface area contributed by atoms with E-state index in [0.29, 0.717) is 0 Å². The summed E-state index contributed by atoms with van der Waals surface area (Å²) < 4.78 is 1.34. The zero-order valence-corrected chi connectivity index (χ0v) is 14.9. The van der Waals surface area contributed by atoms with Crippen LogP contribution in [0, 0.1) is 0 Å². The van der Waals surface area contributed by atoms with Crippen molar-refractivity contribution < 1.29 is 0 Å². The molecule has 1 aromatic carbocycles. The van der Waals surface area contributed by atoms with Gasteiger partial charge >= 0.3 is 0 Å². The first-order chi connectivity index (χ1) is 12.2. The number of rotatable bonds is 1. The lowest BCUT2D eigenvalue weighted by Gasteiger charge is -2.21. The van der Waals surface area contributed by atoms with Crippen LogP contribution >= 0.6 is 11.3 Å². The van der Waals surface area contributed by atoms with Crippen LogP contribution in [0.15, 0.2) is 77.9 Å². The Bertz CT molecular complexity index is 1120. The molecule has 2 aliphatic carbocycles. The molecule has 1 aliphatic heterocycles. The molecule has 0 unspecified atom stereocenters. The van der Waals surface area contributed by atoms with Gasteiger partial charge in [-0.3, -0.25) is 0 Å². The van der Waals surface area contributed by atoms with Crippen molar-refractivity contribution in [2.24, 2.45) is 0 Å². The molecule has 0 saturated carbocycles. The molecule has 0 atom stereocenters. The van der Waals surface area contributed by atoms with Crippen LogP contribution in [0.3, 0.4) is 0 Å². The number of fused-ring (bicyclic) bond motifs is 3. The third kappa shape index (κ3) is 2.16. The number of nitrogens with zero attached hydrogens (tertiary/aromatic N) is 1. The van der Waals surface area contributed by atoms with E-state index in [-0.39, 0.29) is 0 Å². The summed E-state index contributed by atoms with van der Waals surface area (Å²) in [4.78, 5) is 3.53. The summed E-state index contributed by atoms with van der Waals surface area (Å²) in [6.07, 6.45) is 16.1. The maximum Gasteiger partial charge on any atom is 0.0442 e. The van der Waals surface area contributed by atoms with Crippen LogP contribution < -0.4 is 0 Å². The Hall–Kier alpha value is -2.80. The predicted octanol–water partition coefficient (Wildman–Crippen LogP) is 6.15. The maximum atomic E-state index is 4.27. The summed E-state index contributed by atoms with van der Waals surface area (Å²) in [5.41, 5.74) is 10.7. The highest BCUT2D eigenvalue weighted by Gasteiger charge is 2.18. The van der Waals surface area contributed by atoms with Gasteiger partial charge in [-0.2, -0.15) is 0 Å². The third-order valence-corrected chi connectivity index (χ3v) is 6.21. The molecule has 1 nitrogen and oxygen atoms in total. The van der Waals surface area contributed by atoms with E-state index < -0.39 is 0 Å². The van der Waals surface area contributed by atoms with Crippen molar-refractivity contribution in [1.82, 2.24) is 4.90 Å². The van der Waals surface area contributed by atoms with Crippen LogP contribution in [0.1, 0.15) is 22.4 Å². The Morgan fingerprint density at radius 2 is 2.08 bits per heavy atom. The van der Waals surface area contributed by atoms with E-state index in [9.17, 15) is 0 Å². The molecule has 120 valence electrons.